The lowest BCUT2D eigenvalue weighted by Gasteiger charge is -2.10. The zero-order valence-electron chi connectivity index (χ0n) is 10.5. The molecule has 0 saturated carbocycles. The highest BCUT2D eigenvalue weighted by Crippen LogP contribution is 2.27. The van der Waals surface area contributed by atoms with Crippen LogP contribution >= 0.6 is 24.2 Å². The summed E-state index contributed by atoms with van der Waals surface area (Å²) in [5.41, 5.74) is 1.27. The van der Waals surface area contributed by atoms with Gasteiger partial charge in [-0.1, -0.05) is 23.7 Å². The van der Waals surface area contributed by atoms with Gasteiger partial charge in [-0.3, -0.25) is 9.89 Å². The molecule has 0 spiro atoms. The van der Waals surface area contributed by atoms with E-state index in [4.69, 9.17) is 11.6 Å². The van der Waals surface area contributed by atoms with Gasteiger partial charge in [0.2, 0.25) is 0 Å². The van der Waals surface area contributed by atoms with Crippen LogP contribution in [0.15, 0.2) is 35.1 Å². The second-order valence-corrected chi connectivity index (χ2v) is 5.37. The van der Waals surface area contributed by atoms with Gasteiger partial charge < -0.3 is 0 Å². The predicted octanol–water partition coefficient (Wildman–Crippen LogP) is 2.40. The summed E-state index contributed by atoms with van der Waals surface area (Å²) in [5, 5.41) is 3.18. The summed E-state index contributed by atoms with van der Waals surface area (Å²) >= 11 is 10.4. The van der Waals surface area contributed by atoms with Gasteiger partial charge >= 0.3 is 0 Å². The minimum absolute atomic E-state index is 0.210. The molecular weight excluding hydrogens is 296 g/mol. The van der Waals surface area contributed by atoms with Crippen LogP contribution in [0.4, 0.5) is 0 Å². The second-order valence-electron chi connectivity index (χ2n) is 4.42. The van der Waals surface area contributed by atoms with E-state index in [1.165, 1.54) is 10.6 Å². The topological polar surface area (TPSA) is 63.1 Å². The van der Waals surface area contributed by atoms with E-state index >= 15 is 0 Å². The van der Waals surface area contributed by atoms with Crippen LogP contribution in [0.2, 0.25) is 5.02 Å². The van der Waals surface area contributed by atoms with Crippen molar-refractivity contribution in [2.45, 2.75) is 12.2 Å². The summed E-state index contributed by atoms with van der Waals surface area (Å²) in [6.07, 6.45) is 0. The maximum atomic E-state index is 12.0. The first kappa shape index (κ1) is 13.2. The average Bonchev–Trinajstić information content (AvgIpc) is 2.80. The number of thiol groups is 1. The van der Waals surface area contributed by atoms with Crippen molar-refractivity contribution < 1.29 is 0 Å². The quantitative estimate of drug-likeness (QED) is 0.715. The van der Waals surface area contributed by atoms with Crippen LogP contribution in [0.3, 0.4) is 0 Å². The molecule has 102 valence electrons. The lowest BCUT2D eigenvalue weighted by atomic mass is 10.1. The lowest BCUT2D eigenvalue weighted by Crippen LogP contribution is -2.16. The van der Waals surface area contributed by atoms with Crippen molar-refractivity contribution in [3.8, 4) is 0 Å². The van der Waals surface area contributed by atoms with Crippen molar-refractivity contribution in [1.82, 2.24) is 19.6 Å². The molecule has 0 bridgehead atoms. The molecule has 5 nitrogen and oxygen atoms in total. The molecule has 3 rings (SSSR count). The third kappa shape index (κ3) is 2.32. The van der Waals surface area contributed by atoms with E-state index in [2.05, 4.69) is 27.7 Å². The van der Waals surface area contributed by atoms with Crippen LogP contribution in [-0.2, 0) is 0 Å². The molecule has 2 heterocycles. The lowest BCUT2D eigenvalue weighted by molar-refractivity contribution is 0.864. The molecule has 0 radical (unpaired) electrons. The number of hydrogen-bond donors (Lipinski definition) is 2. The molecular formula is C13H11ClN4OS. The van der Waals surface area contributed by atoms with Gasteiger partial charge in [0.05, 0.1) is 10.9 Å². The summed E-state index contributed by atoms with van der Waals surface area (Å²) in [4.78, 5) is 20.5. The van der Waals surface area contributed by atoms with Crippen LogP contribution in [0.25, 0.3) is 5.78 Å². The van der Waals surface area contributed by atoms with Crippen molar-refractivity contribution in [2.75, 3.05) is 0 Å². The summed E-state index contributed by atoms with van der Waals surface area (Å²) in [6, 6.07) is 8.74. The molecule has 1 aromatic carbocycles. The van der Waals surface area contributed by atoms with Gasteiger partial charge in [0.15, 0.2) is 0 Å². The molecule has 1 N–H and O–H groups in total. The van der Waals surface area contributed by atoms with Gasteiger partial charge in [-0.25, -0.2) is 4.98 Å². The van der Waals surface area contributed by atoms with E-state index in [0.717, 1.165) is 5.56 Å². The number of aromatic nitrogens is 4. The molecule has 0 saturated heterocycles. The summed E-state index contributed by atoms with van der Waals surface area (Å²) in [7, 11) is 0. The second kappa shape index (κ2) is 4.96. The minimum atomic E-state index is -0.304. The smallest absolute Gasteiger partial charge is 0.274 e. The molecule has 7 heteroatoms. The van der Waals surface area contributed by atoms with Crippen molar-refractivity contribution in [3.63, 3.8) is 0 Å². The van der Waals surface area contributed by atoms with Crippen LogP contribution < -0.4 is 5.56 Å². The monoisotopic (exact) mass is 306 g/mol. The van der Waals surface area contributed by atoms with Gasteiger partial charge in [0.1, 0.15) is 5.82 Å². The molecule has 2 aromatic heterocycles. The summed E-state index contributed by atoms with van der Waals surface area (Å²) < 4.78 is 1.31. The fraction of sp³-hybridized carbons (Fsp3) is 0.154. The van der Waals surface area contributed by atoms with E-state index in [1.54, 1.807) is 19.1 Å². The SMILES string of the molecule is Cc1nc2nc(C(S)c3ccc(Cl)cc3)cc(=O)n2[nH]1. The van der Waals surface area contributed by atoms with Gasteiger partial charge in [-0.2, -0.15) is 22.1 Å². The molecule has 0 aliphatic carbocycles. The highest BCUT2D eigenvalue weighted by molar-refractivity contribution is 7.80. The maximum absolute atomic E-state index is 12.0. The number of H-pyrrole nitrogens is 1. The van der Waals surface area contributed by atoms with E-state index in [1.807, 2.05) is 12.1 Å². The highest BCUT2D eigenvalue weighted by Gasteiger charge is 2.14. The largest absolute Gasteiger partial charge is 0.275 e. The molecule has 1 unspecified atom stereocenters. The van der Waals surface area contributed by atoms with Crippen molar-refractivity contribution in [2.24, 2.45) is 0 Å². The number of nitrogens with one attached hydrogen (secondary N) is 1. The Bertz CT molecular complexity index is 824. The Morgan fingerprint density at radius 3 is 2.70 bits per heavy atom. The minimum Gasteiger partial charge on any atom is -0.275 e. The Morgan fingerprint density at radius 2 is 2.00 bits per heavy atom. The van der Waals surface area contributed by atoms with Crippen molar-refractivity contribution in [1.29, 1.82) is 0 Å². The van der Waals surface area contributed by atoms with Crippen LogP contribution in [0.1, 0.15) is 22.3 Å². The molecule has 0 amide bonds. The molecule has 0 fully saturated rings. The zero-order chi connectivity index (χ0) is 14.3. The van der Waals surface area contributed by atoms with Gasteiger partial charge in [-0.05, 0) is 24.6 Å². The Balaban J connectivity index is 2.09. The maximum Gasteiger partial charge on any atom is 0.274 e. The van der Waals surface area contributed by atoms with Crippen molar-refractivity contribution in [3.05, 3.63) is 62.8 Å². The van der Waals surface area contributed by atoms with E-state index in [-0.39, 0.29) is 10.8 Å². The summed E-state index contributed by atoms with van der Waals surface area (Å²) in [6.45, 7) is 1.77. The molecule has 3 aromatic rings. The first-order valence-corrected chi connectivity index (χ1v) is 6.84. The van der Waals surface area contributed by atoms with Gasteiger partial charge in [0, 0.05) is 11.1 Å². The fourth-order valence-electron chi connectivity index (χ4n) is 1.96. The zero-order valence-corrected chi connectivity index (χ0v) is 12.2. The molecule has 0 aliphatic rings. The average molecular weight is 307 g/mol. The molecule has 0 aliphatic heterocycles. The third-order valence-corrected chi connectivity index (χ3v) is 3.74. The van der Waals surface area contributed by atoms with Crippen LogP contribution in [-0.4, -0.2) is 19.6 Å². The van der Waals surface area contributed by atoms with Crippen LogP contribution in [0.5, 0.6) is 0 Å². The Kier molecular flexibility index (Phi) is 3.27. The number of fused-ring (bicyclic) bond motifs is 1. The number of rotatable bonds is 2. The number of benzene rings is 1. The number of hydrogen-bond acceptors (Lipinski definition) is 4. The third-order valence-electron chi connectivity index (χ3n) is 2.93. The van der Waals surface area contributed by atoms with E-state index < -0.39 is 0 Å². The Hall–Kier alpha value is -1.79. The number of nitrogens with zero attached hydrogens (tertiary/aromatic N) is 3. The van der Waals surface area contributed by atoms with Crippen LogP contribution in [0, 0.1) is 6.92 Å². The molecule has 1 atom stereocenters. The standard InChI is InChI=1S/C13H11ClN4OS/c1-7-15-13-16-10(6-11(19)18(13)17-7)12(20)8-2-4-9(14)5-3-8/h2-6,12,20H,1H3,(H,15,16,17). The number of aryl methyl sites for hydroxylation is 1. The number of halogens is 1. The first-order chi connectivity index (χ1) is 9.54. The molecule has 20 heavy (non-hydrogen) atoms. The number of aromatic amines is 1. The van der Waals surface area contributed by atoms with Gasteiger partial charge in [0.25, 0.3) is 11.3 Å². The van der Waals surface area contributed by atoms with Gasteiger partial charge in [-0.15, -0.1) is 0 Å². The van der Waals surface area contributed by atoms with E-state index in [0.29, 0.717) is 22.3 Å². The predicted molar refractivity (Wildman–Crippen MR) is 80.6 cm³/mol. The first-order valence-electron chi connectivity index (χ1n) is 5.94. The Morgan fingerprint density at radius 1 is 1.30 bits per heavy atom. The normalized spacial score (nSPS) is 12.8. The van der Waals surface area contributed by atoms with Crippen molar-refractivity contribution >= 4 is 30.0 Å². The summed E-state index contributed by atoms with van der Waals surface area (Å²) in [5.74, 6) is 0.979. The van der Waals surface area contributed by atoms with E-state index in [9.17, 15) is 4.79 Å². The Labute approximate surface area is 125 Å². The fourth-order valence-corrected chi connectivity index (χ4v) is 2.39. The highest BCUT2D eigenvalue weighted by atomic mass is 35.5.